The van der Waals surface area contributed by atoms with Crippen molar-refractivity contribution in [3.8, 4) is 0 Å². The number of H-pyrrole nitrogens is 1. The van der Waals surface area contributed by atoms with Gasteiger partial charge in [-0.25, -0.2) is 0 Å². The standard InChI is InChI=1S/C15H22N2O3/c1-15(2,3)13-10(6-7-20-13)8-17-14(19)11-4-5-12(18)16-9-11/h4-5,9-10,13H,6-8H2,1-3H3,(H,16,18)(H,17,19)/t10-,13+/m1/s1. The number of rotatable bonds is 3. The highest BCUT2D eigenvalue weighted by Gasteiger charge is 2.37. The number of hydrogen-bond acceptors (Lipinski definition) is 3. The van der Waals surface area contributed by atoms with Crippen molar-refractivity contribution in [1.82, 2.24) is 10.3 Å². The molecule has 1 fully saturated rings. The summed E-state index contributed by atoms with van der Waals surface area (Å²) in [5, 5.41) is 2.92. The Hall–Kier alpha value is -1.62. The Morgan fingerprint density at radius 2 is 2.20 bits per heavy atom. The number of carbonyl (C=O) groups is 1. The maximum Gasteiger partial charge on any atom is 0.252 e. The van der Waals surface area contributed by atoms with Gasteiger partial charge in [0.15, 0.2) is 0 Å². The minimum Gasteiger partial charge on any atom is -0.377 e. The molecule has 1 aromatic heterocycles. The summed E-state index contributed by atoms with van der Waals surface area (Å²) < 4.78 is 5.78. The molecule has 0 aromatic carbocycles. The first kappa shape index (κ1) is 14.8. The SMILES string of the molecule is CC(C)(C)[C@H]1OCC[C@@H]1CNC(=O)c1ccc(=O)[nH]c1. The van der Waals surface area contributed by atoms with Gasteiger partial charge in [0.25, 0.3) is 5.91 Å². The molecule has 0 unspecified atom stereocenters. The van der Waals surface area contributed by atoms with E-state index in [0.29, 0.717) is 18.0 Å². The summed E-state index contributed by atoms with van der Waals surface area (Å²) in [5.74, 6) is 0.169. The summed E-state index contributed by atoms with van der Waals surface area (Å²) >= 11 is 0. The van der Waals surface area contributed by atoms with Crippen molar-refractivity contribution in [3.05, 3.63) is 34.2 Å². The van der Waals surface area contributed by atoms with Gasteiger partial charge >= 0.3 is 0 Å². The lowest BCUT2D eigenvalue weighted by Gasteiger charge is -2.31. The summed E-state index contributed by atoms with van der Waals surface area (Å²) in [6.45, 7) is 7.81. The molecule has 110 valence electrons. The van der Waals surface area contributed by atoms with Gasteiger partial charge in [0, 0.05) is 31.3 Å². The van der Waals surface area contributed by atoms with Crippen LogP contribution in [0.2, 0.25) is 0 Å². The molecule has 2 atom stereocenters. The Balaban J connectivity index is 1.93. The van der Waals surface area contributed by atoms with Crippen LogP contribution < -0.4 is 10.9 Å². The van der Waals surface area contributed by atoms with Crippen LogP contribution in [0.15, 0.2) is 23.1 Å². The lowest BCUT2D eigenvalue weighted by Crippen LogP contribution is -2.38. The second-order valence-corrected chi connectivity index (χ2v) is 6.36. The number of aromatic amines is 1. The molecule has 0 bridgehead atoms. The van der Waals surface area contributed by atoms with Gasteiger partial charge in [-0.15, -0.1) is 0 Å². The van der Waals surface area contributed by atoms with Crippen molar-refractivity contribution in [1.29, 1.82) is 0 Å². The van der Waals surface area contributed by atoms with E-state index in [9.17, 15) is 9.59 Å². The predicted octanol–water partition coefficient (Wildman–Crippen LogP) is 1.56. The number of hydrogen-bond donors (Lipinski definition) is 2. The molecule has 0 saturated carbocycles. The van der Waals surface area contributed by atoms with E-state index in [0.717, 1.165) is 13.0 Å². The van der Waals surface area contributed by atoms with E-state index in [-0.39, 0.29) is 23.0 Å². The highest BCUT2D eigenvalue weighted by atomic mass is 16.5. The van der Waals surface area contributed by atoms with E-state index in [1.165, 1.54) is 18.3 Å². The quantitative estimate of drug-likeness (QED) is 0.881. The third-order valence-electron chi connectivity index (χ3n) is 3.64. The molecule has 0 aliphatic carbocycles. The van der Waals surface area contributed by atoms with E-state index in [2.05, 4.69) is 31.1 Å². The Morgan fingerprint density at radius 1 is 1.45 bits per heavy atom. The van der Waals surface area contributed by atoms with Crippen molar-refractivity contribution in [2.45, 2.75) is 33.3 Å². The van der Waals surface area contributed by atoms with Crippen LogP contribution in [0.5, 0.6) is 0 Å². The van der Waals surface area contributed by atoms with Gasteiger partial charge < -0.3 is 15.0 Å². The lowest BCUT2D eigenvalue weighted by atomic mass is 9.81. The molecule has 0 radical (unpaired) electrons. The predicted molar refractivity (Wildman–Crippen MR) is 76.7 cm³/mol. The number of nitrogens with one attached hydrogen (secondary N) is 2. The lowest BCUT2D eigenvalue weighted by molar-refractivity contribution is 0.00737. The van der Waals surface area contributed by atoms with Crippen LogP contribution in [0.1, 0.15) is 37.6 Å². The van der Waals surface area contributed by atoms with Crippen molar-refractivity contribution in [2.75, 3.05) is 13.2 Å². The van der Waals surface area contributed by atoms with E-state index in [4.69, 9.17) is 4.74 Å². The summed E-state index contributed by atoms with van der Waals surface area (Å²) in [5.41, 5.74) is 0.332. The number of pyridine rings is 1. The van der Waals surface area contributed by atoms with E-state index < -0.39 is 0 Å². The number of aromatic nitrogens is 1. The monoisotopic (exact) mass is 278 g/mol. The zero-order valence-corrected chi connectivity index (χ0v) is 12.2. The average Bonchev–Trinajstić information content (AvgIpc) is 2.85. The first-order valence-corrected chi connectivity index (χ1v) is 6.96. The second-order valence-electron chi connectivity index (χ2n) is 6.36. The molecule has 5 nitrogen and oxygen atoms in total. The second kappa shape index (κ2) is 5.79. The van der Waals surface area contributed by atoms with Crippen molar-refractivity contribution in [3.63, 3.8) is 0 Å². The Kier molecular flexibility index (Phi) is 4.28. The van der Waals surface area contributed by atoms with Gasteiger partial charge in [-0.05, 0) is 17.9 Å². The van der Waals surface area contributed by atoms with Gasteiger partial charge in [-0.1, -0.05) is 20.8 Å². The summed E-state index contributed by atoms with van der Waals surface area (Å²) in [7, 11) is 0. The molecular weight excluding hydrogens is 256 g/mol. The number of amides is 1. The zero-order chi connectivity index (χ0) is 14.8. The Bertz CT molecular complexity index is 510. The molecular formula is C15H22N2O3. The van der Waals surface area contributed by atoms with Gasteiger partial charge in [0.05, 0.1) is 11.7 Å². The normalized spacial score (nSPS) is 22.8. The minimum absolute atomic E-state index is 0.0733. The smallest absolute Gasteiger partial charge is 0.252 e. The van der Waals surface area contributed by atoms with Crippen molar-refractivity contribution < 1.29 is 9.53 Å². The largest absolute Gasteiger partial charge is 0.377 e. The number of carbonyl (C=O) groups excluding carboxylic acids is 1. The van der Waals surface area contributed by atoms with Crippen LogP contribution in [0, 0.1) is 11.3 Å². The molecule has 5 heteroatoms. The van der Waals surface area contributed by atoms with Gasteiger partial charge in [0.1, 0.15) is 0 Å². The topological polar surface area (TPSA) is 71.2 Å². The summed E-state index contributed by atoms with van der Waals surface area (Å²) in [6.07, 6.45) is 2.57. The molecule has 2 N–H and O–H groups in total. The molecule has 1 aliphatic rings. The molecule has 1 saturated heterocycles. The molecule has 0 spiro atoms. The van der Waals surface area contributed by atoms with E-state index >= 15 is 0 Å². The zero-order valence-electron chi connectivity index (χ0n) is 12.2. The highest BCUT2D eigenvalue weighted by molar-refractivity contribution is 5.93. The Morgan fingerprint density at radius 3 is 2.80 bits per heavy atom. The third-order valence-corrected chi connectivity index (χ3v) is 3.64. The highest BCUT2D eigenvalue weighted by Crippen LogP contribution is 2.34. The number of ether oxygens (including phenoxy) is 1. The van der Waals surface area contributed by atoms with Crippen LogP contribution in [0.4, 0.5) is 0 Å². The van der Waals surface area contributed by atoms with E-state index in [1.807, 2.05) is 0 Å². The molecule has 20 heavy (non-hydrogen) atoms. The third kappa shape index (κ3) is 3.48. The van der Waals surface area contributed by atoms with Crippen LogP contribution in [-0.2, 0) is 4.74 Å². The molecule has 1 aliphatic heterocycles. The summed E-state index contributed by atoms with van der Waals surface area (Å²) in [4.78, 5) is 25.5. The summed E-state index contributed by atoms with van der Waals surface area (Å²) in [6, 6.07) is 2.88. The van der Waals surface area contributed by atoms with Crippen LogP contribution >= 0.6 is 0 Å². The van der Waals surface area contributed by atoms with Crippen LogP contribution in [0.3, 0.4) is 0 Å². The van der Waals surface area contributed by atoms with Gasteiger partial charge in [0.2, 0.25) is 5.56 Å². The van der Waals surface area contributed by atoms with Crippen LogP contribution in [0.25, 0.3) is 0 Å². The molecule has 1 amide bonds. The van der Waals surface area contributed by atoms with E-state index in [1.54, 1.807) is 0 Å². The van der Waals surface area contributed by atoms with Crippen LogP contribution in [-0.4, -0.2) is 30.1 Å². The van der Waals surface area contributed by atoms with Gasteiger partial charge in [-0.2, -0.15) is 0 Å². The molecule has 2 heterocycles. The first-order valence-electron chi connectivity index (χ1n) is 6.96. The maximum absolute atomic E-state index is 12.0. The molecule has 1 aromatic rings. The fraction of sp³-hybridized carbons (Fsp3) is 0.600. The minimum atomic E-state index is -0.210. The van der Waals surface area contributed by atoms with Gasteiger partial charge in [-0.3, -0.25) is 9.59 Å². The van der Waals surface area contributed by atoms with Crippen molar-refractivity contribution in [2.24, 2.45) is 11.3 Å². The van der Waals surface area contributed by atoms with Crippen molar-refractivity contribution >= 4 is 5.91 Å². The average molecular weight is 278 g/mol. The molecule has 2 rings (SSSR count). The fourth-order valence-electron chi connectivity index (χ4n) is 2.68. The Labute approximate surface area is 118 Å². The first-order chi connectivity index (χ1) is 9.38. The maximum atomic E-state index is 12.0. The fourth-order valence-corrected chi connectivity index (χ4v) is 2.68.